The van der Waals surface area contributed by atoms with Crippen molar-refractivity contribution in [2.45, 2.75) is 19.3 Å². The standard InChI is InChI=1S/C20H26N4O4/c1-27-17-4-3-14(11-18(17)28-2)5-10-23-20(26)16(12-21)13-24-19(25)15-6-8-22-9-7-15/h3-4,11,13,15,22H,5-10H2,1-2H3,(H,23,26)(H,24,25)/b16-13-. The topological polar surface area (TPSA) is 112 Å². The van der Waals surface area contributed by atoms with Crippen LogP contribution in [-0.4, -0.2) is 45.7 Å². The number of nitriles is 1. The third kappa shape index (κ3) is 5.99. The molecule has 1 fully saturated rings. The van der Waals surface area contributed by atoms with E-state index in [4.69, 9.17) is 9.47 Å². The number of ether oxygens (including phenoxy) is 2. The number of hydrogen-bond acceptors (Lipinski definition) is 6. The molecule has 0 aromatic heterocycles. The molecule has 1 aromatic rings. The van der Waals surface area contributed by atoms with Gasteiger partial charge >= 0.3 is 0 Å². The smallest absolute Gasteiger partial charge is 0.263 e. The minimum atomic E-state index is -0.520. The molecule has 2 rings (SSSR count). The van der Waals surface area contributed by atoms with Crippen molar-refractivity contribution in [2.75, 3.05) is 33.9 Å². The highest BCUT2D eigenvalue weighted by Gasteiger charge is 2.20. The number of benzene rings is 1. The molecule has 0 aliphatic carbocycles. The van der Waals surface area contributed by atoms with Gasteiger partial charge in [-0.3, -0.25) is 9.59 Å². The molecule has 0 atom stereocenters. The SMILES string of the molecule is COc1ccc(CCNC(=O)/C(C#N)=C\NC(=O)C2CCNCC2)cc1OC. The number of rotatable bonds is 8. The molecular weight excluding hydrogens is 360 g/mol. The summed E-state index contributed by atoms with van der Waals surface area (Å²) >= 11 is 0. The lowest BCUT2D eigenvalue weighted by Gasteiger charge is -2.20. The Kier molecular flexibility index (Phi) is 8.31. The lowest BCUT2D eigenvalue weighted by molar-refractivity contribution is -0.124. The molecule has 0 bridgehead atoms. The summed E-state index contributed by atoms with van der Waals surface area (Å²) in [6, 6.07) is 7.35. The fourth-order valence-electron chi connectivity index (χ4n) is 2.95. The van der Waals surface area contributed by atoms with Crippen LogP contribution in [0.25, 0.3) is 0 Å². The summed E-state index contributed by atoms with van der Waals surface area (Å²) in [7, 11) is 3.13. The highest BCUT2D eigenvalue weighted by molar-refractivity contribution is 5.97. The van der Waals surface area contributed by atoms with Gasteiger partial charge in [-0.05, 0) is 50.0 Å². The summed E-state index contributed by atoms with van der Waals surface area (Å²) in [6.07, 6.45) is 3.25. The highest BCUT2D eigenvalue weighted by atomic mass is 16.5. The molecule has 8 heteroatoms. The average Bonchev–Trinajstić information content (AvgIpc) is 2.74. The normalized spacial score (nSPS) is 14.7. The Morgan fingerprint density at radius 3 is 2.61 bits per heavy atom. The Hall–Kier alpha value is -3.05. The summed E-state index contributed by atoms with van der Waals surface area (Å²) in [5.74, 6) is 0.477. The van der Waals surface area contributed by atoms with Crippen molar-refractivity contribution in [1.82, 2.24) is 16.0 Å². The molecule has 8 nitrogen and oxygen atoms in total. The van der Waals surface area contributed by atoms with Gasteiger partial charge in [0, 0.05) is 18.7 Å². The minimum Gasteiger partial charge on any atom is -0.493 e. The van der Waals surface area contributed by atoms with E-state index in [0.29, 0.717) is 24.5 Å². The van der Waals surface area contributed by atoms with Gasteiger partial charge in [-0.15, -0.1) is 0 Å². The first-order chi connectivity index (χ1) is 13.6. The van der Waals surface area contributed by atoms with Crippen LogP contribution in [0.3, 0.4) is 0 Å². The van der Waals surface area contributed by atoms with E-state index in [-0.39, 0.29) is 17.4 Å². The summed E-state index contributed by atoms with van der Waals surface area (Å²) in [6.45, 7) is 1.93. The third-order valence-electron chi connectivity index (χ3n) is 4.58. The van der Waals surface area contributed by atoms with Crippen molar-refractivity contribution in [3.05, 3.63) is 35.5 Å². The first kappa shape index (κ1) is 21.3. The zero-order chi connectivity index (χ0) is 20.4. The van der Waals surface area contributed by atoms with Crippen LogP contribution in [0.4, 0.5) is 0 Å². The van der Waals surface area contributed by atoms with E-state index in [2.05, 4.69) is 16.0 Å². The largest absolute Gasteiger partial charge is 0.493 e. The fraction of sp³-hybridized carbons (Fsp3) is 0.450. The van der Waals surface area contributed by atoms with Crippen LogP contribution in [0.1, 0.15) is 18.4 Å². The number of hydrogen-bond donors (Lipinski definition) is 3. The Labute approximate surface area is 164 Å². The molecule has 2 amide bonds. The first-order valence-electron chi connectivity index (χ1n) is 9.19. The van der Waals surface area contributed by atoms with Gasteiger partial charge in [0.1, 0.15) is 11.6 Å². The number of nitrogens with one attached hydrogen (secondary N) is 3. The second-order valence-electron chi connectivity index (χ2n) is 6.40. The Bertz CT molecular complexity index is 764. The lowest BCUT2D eigenvalue weighted by Crippen LogP contribution is -2.37. The van der Waals surface area contributed by atoms with Crippen molar-refractivity contribution in [3.8, 4) is 17.6 Å². The molecule has 1 heterocycles. The maximum Gasteiger partial charge on any atom is 0.263 e. The predicted molar refractivity (Wildman–Crippen MR) is 104 cm³/mol. The van der Waals surface area contributed by atoms with Crippen LogP contribution < -0.4 is 25.4 Å². The number of carbonyl (C=O) groups is 2. The summed E-state index contributed by atoms with van der Waals surface area (Å²) in [4.78, 5) is 24.3. The monoisotopic (exact) mass is 386 g/mol. The molecular formula is C20H26N4O4. The number of nitrogens with zero attached hydrogens (tertiary/aromatic N) is 1. The third-order valence-corrected chi connectivity index (χ3v) is 4.58. The van der Waals surface area contributed by atoms with Crippen molar-refractivity contribution in [1.29, 1.82) is 5.26 Å². The number of amides is 2. The molecule has 1 aliphatic heterocycles. The van der Waals surface area contributed by atoms with Gasteiger partial charge in [-0.1, -0.05) is 6.07 Å². The van der Waals surface area contributed by atoms with E-state index in [1.165, 1.54) is 6.20 Å². The van der Waals surface area contributed by atoms with E-state index >= 15 is 0 Å². The van der Waals surface area contributed by atoms with Gasteiger partial charge in [-0.25, -0.2) is 0 Å². The van der Waals surface area contributed by atoms with E-state index in [1.54, 1.807) is 20.3 Å². The van der Waals surface area contributed by atoms with Crippen LogP contribution in [0, 0.1) is 17.2 Å². The van der Waals surface area contributed by atoms with Gasteiger partial charge in [0.05, 0.1) is 14.2 Å². The van der Waals surface area contributed by atoms with Crippen LogP contribution in [0.15, 0.2) is 30.0 Å². The predicted octanol–water partition coefficient (Wildman–Crippen LogP) is 0.886. The van der Waals surface area contributed by atoms with Crippen LogP contribution in [0.5, 0.6) is 11.5 Å². The Morgan fingerprint density at radius 1 is 1.25 bits per heavy atom. The second kappa shape index (κ2) is 10.9. The molecule has 0 spiro atoms. The van der Waals surface area contributed by atoms with Crippen molar-refractivity contribution >= 4 is 11.8 Å². The Balaban J connectivity index is 1.84. The zero-order valence-corrected chi connectivity index (χ0v) is 16.2. The lowest BCUT2D eigenvalue weighted by atomic mass is 9.97. The number of piperidine rings is 1. The van der Waals surface area contributed by atoms with Gasteiger partial charge in [0.25, 0.3) is 5.91 Å². The van der Waals surface area contributed by atoms with Crippen molar-refractivity contribution < 1.29 is 19.1 Å². The number of methoxy groups -OCH3 is 2. The van der Waals surface area contributed by atoms with Crippen molar-refractivity contribution in [3.63, 3.8) is 0 Å². The maximum absolute atomic E-state index is 12.2. The van der Waals surface area contributed by atoms with E-state index in [1.807, 2.05) is 18.2 Å². The van der Waals surface area contributed by atoms with E-state index in [9.17, 15) is 14.9 Å². The highest BCUT2D eigenvalue weighted by Crippen LogP contribution is 2.27. The number of carbonyl (C=O) groups excluding carboxylic acids is 2. The zero-order valence-electron chi connectivity index (χ0n) is 16.2. The van der Waals surface area contributed by atoms with Crippen LogP contribution in [-0.2, 0) is 16.0 Å². The van der Waals surface area contributed by atoms with Gasteiger partial charge in [-0.2, -0.15) is 5.26 Å². The van der Waals surface area contributed by atoms with E-state index < -0.39 is 5.91 Å². The molecule has 1 aromatic carbocycles. The van der Waals surface area contributed by atoms with E-state index in [0.717, 1.165) is 31.5 Å². The Morgan fingerprint density at radius 2 is 1.96 bits per heavy atom. The van der Waals surface area contributed by atoms with Gasteiger partial charge in [0.15, 0.2) is 11.5 Å². The molecule has 1 saturated heterocycles. The molecule has 0 unspecified atom stereocenters. The molecule has 3 N–H and O–H groups in total. The van der Waals surface area contributed by atoms with Crippen LogP contribution in [0.2, 0.25) is 0 Å². The molecule has 1 aliphatic rings. The van der Waals surface area contributed by atoms with Crippen molar-refractivity contribution in [2.24, 2.45) is 5.92 Å². The summed E-state index contributed by atoms with van der Waals surface area (Å²) < 4.78 is 10.4. The molecule has 150 valence electrons. The summed E-state index contributed by atoms with van der Waals surface area (Å²) in [5.41, 5.74) is 0.828. The van der Waals surface area contributed by atoms with Crippen LogP contribution >= 0.6 is 0 Å². The van der Waals surface area contributed by atoms with Gasteiger partial charge in [0.2, 0.25) is 5.91 Å². The maximum atomic E-state index is 12.2. The first-order valence-corrected chi connectivity index (χ1v) is 9.19. The second-order valence-corrected chi connectivity index (χ2v) is 6.40. The fourth-order valence-corrected chi connectivity index (χ4v) is 2.95. The molecule has 0 saturated carbocycles. The molecule has 0 radical (unpaired) electrons. The average molecular weight is 386 g/mol. The molecule has 28 heavy (non-hydrogen) atoms. The minimum absolute atomic E-state index is 0.0921. The quantitative estimate of drug-likeness (QED) is 0.452. The summed E-state index contributed by atoms with van der Waals surface area (Å²) in [5, 5.41) is 17.6. The van der Waals surface area contributed by atoms with Gasteiger partial charge < -0.3 is 25.4 Å².